The summed E-state index contributed by atoms with van der Waals surface area (Å²) in [6, 6.07) is 14.9. The van der Waals surface area contributed by atoms with Crippen LogP contribution in [0.2, 0.25) is 0 Å². The number of nitrogens with two attached hydrogens (primary N) is 1. The molecule has 6 nitrogen and oxygen atoms in total. The van der Waals surface area contributed by atoms with Gasteiger partial charge in [0.1, 0.15) is 0 Å². The molecule has 146 valence electrons. The Morgan fingerprint density at radius 2 is 1.82 bits per heavy atom. The smallest absolute Gasteiger partial charge is 0.247 e. The van der Waals surface area contributed by atoms with Crippen LogP contribution in [0.4, 0.5) is 5.69 Å². The van der Waals surface area contributed by atoms with E-state index in [0.717, 1.165) is 41.8 Å². The van der Waals surface area contributed by atoms with Gasteiger partial charge in [0.2, 0.25) is 5.56 Å². The molecule has 0 radical (unpaired) electrons. The first kappa shape index (κ1) is 21.1. The van der Waals surface area contributed by atoms with Crippen molar-refractivity contribution in [3.8, 4) is 11.1 Å². The molecule has 0 unspecified atom stereocenters. The molecule has 0 bridgehead atoms. The van der Waals surface area contributed by atoms with E-state index in [1.165, 1.54) is 26.0 Å². The number of aromatic amines is 1. The molecule has 28 heavy (non-hydrogen) atoms. The Kier molecular flexibility index (Phi) is 8.62. The van der Waals surface area contributed by atoms with E-state index in [0.29, 0.717) is 0 Å². The van der Waals surface area contributed by atoms with Crippen LogP contribution in [0.3, 0.4) is 0 Å². The first-order valence-electron chi connectivity index (χ1n) is 9.24. The lowest BCUT2D eigenvalue weighted by molar-refractivity contribution is 0.112. The maximum Gasteiger partial charge on any atom is 0.247 e. The lowest BCUT2D eigenvalue weighted by atomic mass is 10.0. The van der Waals surface area contributed by atoms with E-state index in [2.05, 4.69) is 32.7 Å². The van der Waals surface area contributed by atoms with Crippen molar-refractivity contribution in [1.29, 1.82) is 0 Å². The first-order chi connectivity index (χ1) is 13.8. The average molecular weight is 378 g/mol. The van der Waals surface area contributed by atoms with Crippen molar-refractivity contribution in [1.82, 2.24) is 9.97 Å². The number of nitrogens with zero attached hydrogens (tertiary/aromatic N) is 2. The second-order valence-corrected chi connectivity index (χ2v) is 6.05. The number of carbonyl (C=O) groups excluding carboxylic acids is 1. The highest BCUT2D eigenvalue weighted by Gasteiger charge is 2.16. The van der Waals surface area contributed by atoms with Gasteiger partial charge in [-0.3, -0.25) is 14.6 Å². The van der Waals surface area contributed by atoms with Crippen molar-refractivity contribution < 1.29 is 4.79 Å². The predicted molar refractivity (Wildman–Crippen MR) is 114 cm³/mol. The third kappa shape index (κ3) is 5.89. The Labute approximate surface area is 165 Å². The van der Waals surface area contributed by atoms with E-state index in [1.54, 1.807) is 24.5 Å². The van der Waals surface area contributed by atoms with Crippen molar-refractivity contribution >= 4 is 12.0 Å². The molecular weight excluding hydrogens is 352 g/mol. The molecule has 3 aromatic rings. The molecule has 3 N–H and O–H groups in total. The lowest BCUT2D eigenvalue weighted by Crippen LogP contribution is -2.19. The summed E-state index contributed by atoms with van der Waals surface area (Å²) in [5.74, 6) is 0. The maximum absolute atomic E-state index is 11.3. The number of aromatic nitrogens is 2. The van der Waals surface area contributed by atoms with Crippen LogP contribution >= 0.6 is 0 Å². The fourth-order valence-corrected chi connectivity index (χ4v) is 2.98. The molecule has 1 aliphatic rings. The van der Waals surface area contributed by atoms with Crippen molar-refractivity contribution in [2.45, 2.75) is 12.8 Å². The molecule has 0 spiro atoms. The number of rotatable bonds is 3. The highest BCUT2D eigenvalue weighted by Crippen LogP contribution is 2.28. The van der Waals surface area contributed by atoms with E-state index in [4.69, 9.17) is 0 Å². The molecule has 2 aromatic heterocycles. The molecule has 1 fully saturated rings. The number of benzene rings is 1. The van der Waals surface area contributed by atoms with Crippen molar-refractivity contribution in [3.63, 3.8) is 0 Å². The predicted octanol–water partition coefficient (Wildman–Crippen LogP) is 3.11. The summed E-state index contributed by atoms with van der Waals surface area (Å²) < 4.78 is 0. The average Bonchev–Trinajstić information content (AvgIpc) is 3.31. The lowest BCUT2D eigenvalue weighted by Gasteiger charge is -2.20. The van der Waals surface area contributed by atoms with Crippen LogP contribution in [0.25, 0.3) is 11.1 Å². The van der Waals surface area contributed by atoms with Gasteiger partial charge in [0.25, 0.3) is 0 Å². The number of nitrogens with one attached hydrogen (secondary N) is 1. The van der Waals surface area contributed by atoms with Crippen LogP contribution in [0.15, 0.2) is 71.9 Å². The zero-order chi connectivity index (χ0) is 20.2. The number of carbonyl (C=O) groups is 1. The number of pyridine rings is 2. The summed E-state index contributed by atoms with van der Waals surface area (Å²) in [6.07, 6.45) is 8.54. The van der Waals surface area contributed by atoms with Gasteiger partial charge >= 0.3 is 0 Å². The van der Waals surface area contributed by atoms with E-state index >= 15 is 0 Å². The highest BCUT2D eigenvalue weighted by molar-refractivity contribution is 5.87. The molecule has 1 saturated heterocycles. The fourth-order valence-electron chi connectivity index (χ4n) is 2.98. The molecule has 1 aromatic carbocycles. The number of hydrogen-bond donors (Lipinski definition) is 2. The van der Waals surface area contributed by atoms with E-state index in [-0.39, 0.29) is 5.56 Å². The van der Waals surface area contributed by atoms with Gasteiger partial charge in [-0.2, -0.15) is 0 Å². The summed E-state index contributed by atoms with van der Waals surface area (Å²) >= 11 is 0. The molecule has 4 rings (SSSR count). The van der Waals surface area contributed by atoms with Gasteiger partial charge in [0.15, 0.2) is 6.29 Å². The maximum atomic E-state index is 11.3. The standard InChI is InChI=1S/C16H16N2O.C5H5NO.CH5N/c19-12-15-10-13(14-4-3-7-17-11-14)5-6-16(15)18-8-1-2-9-18;7-5-3-1-2-4-6-5;1-2/h3-7,10-12H,1-2,8-9H2;1-4H,(H,6,7);2H2,1H3. The van der Waals surface area contributed by atoms with Crippen molar-refractivity contribution in [2.24, 2.45) is 5.73 Å². The third-order valence-corrected chi connectivity index (χ3v) is 4.28. The quantitative estimate of drug-likeness (QED) is 0.683. The monoisotopic (exact) mass is 378 g/mol. The zero-order valence-corrected chi connectivity index (χ0v) is 16.0. The highest BCUT2D eigenvalue weighted by atomic mass is 16.1. The molecule has 0 aliphatic carbocycles. The number of H-pyrrole nitrogens is 1. The van der Waals surface area contributed by atoms with Crippen LogP contribution in [-0.2, 0) is 0 Å². The molecule has 1 aliphatic heterocycles. The number of hydrogen-bond acceptors (Lipinski definition) is 5. The van der Waals surface area contributed by atoms with Crippen molar-refractivity contribution in [2.75, 3.05) is 25.0 Å². The molecule has 0 atom stereocenters. The Bertz CT molecular complexity index is 886. The van der Waals surface area contributed by atoms with Crippen LogP contribution in [-0.4, -0.2) is 36.4 Å². The van der Waals surface area contributed by atoms with Gasteiger partial charge in [-0.15, -0.1) is 0 Å². The molecule has 3 heterocycles. The minimum atomic E-state index is -0.0532. The summed E-state index contributed by atoms with van der Waals surface area (Å²) in [5, 5.41) is 0. The Morgan fingerprint density at radius 3 is 2.36 bits per heavy atom. The minimum Gasteiger partial charge on any atom is -0.371 e. The van der Waals surface area contributed by atoms with Gasteiger partial charge < -0.3 is 15.6 Å². The van der Waals surface area contributed by atoms with E-state index in [9.17, 15) is 9.59 Å². The Hall–Kier alpha value is -3.25. The van der Waals surface area contributed by atoms with Gasteiger partial charge in [-0.25, -0.2) is 0 Å². The Morgan fingerprint density at radius 1 is 1.04 bits per heavy atom. The van der Waals surface area contributed by atoms with Crippen molar-refractivity contribution in [3.05, 3.63) is 83.0 Å². The van der Waals surface area contributed by atoms with Crippen LogP contribution < -0.4 is 16.2 Å². The molecular formula is C22H26N4O2. The number of aldehydes is 1. The SMILES string of the molecule is CN.O=Cc1cc(-c2cccnc2)ccc1N1CCCC1.O=c1cccc[nH]1. The molecule has 0 saturated carbocycles. The molecule has 0 amide bonds. The van der Waals surface area contributed by atoms with Gasteiger partial charge in [0.05, 0.1) is 0 Å². The summed E-state index contributed by atoms with van der Waals surface area (Å²) in [6.45, 7) is 2.10. The molecule has 6 heteroatoms. The fraction of sp³-hybridized carbons (Fsp3) is 0.227. The minimum absolute atomic E-state index is 0.0532. The second kappa shape index (κ2) is 11.5. The van der Waals surface area contributed by atoms with Crippen LogP contribution in [0, 0.1) is 0 Å². The van der Waals surface area contributed by atoms with Gasteiger partial charge in [-0.05, 0) is 49.7 Å². The van der Waals surface area contributed by atoms with E-state index in [1.807, 2.05) is 24.4 Å². The first-order valence-corrected chi connectivity index (χ1v) is 9.24. The topological polar surface area (TPSA) is 92.1 Å². The van der Waals surface area contributed by atoms with E-state index < -0.39 is 0 Å². The summed E-state index contributed by atoms with van der Waals surface area (Å²) in [5.41, 5.74) is 8.35. The van der Waals surface area contributed by atoms with Gasteiger partial charge in [-0.1, -0.05) is 18.2 Å². The third-order valence-electron chi connectivity index (χ3n) is 4.28. The van der Waals surface area contributed by atoms with Gasteiger partial charge in [0, 0.05) is 54.6 Å². The summed E-state index contributed by atoms with van der Waals surface area (Å²) in [4.78, 5) is 30.4. The normalized spacial score (nSPS) is 12.3. The second-order valence-electron chi connectivity index (χ2n) is 6.05. The van der Waals surface area contributed by atoms with Crippen LogP contribution in [0.5, 0.6) is 0 Å². The number of anilines is 1. The zero-order valence-electron chi connectivity index (χ0n) is 16.0. The Balaban J connectivity index is 0.000000261. The largest absolute Gasteiger partial charge is 0.371 e. The summed E-state index contributed by atoms with van der Waals surface area (Å²) in [7, 11) is 1.50. The van der Waals surface area contributed by atoms with Crippen LogP contribution in [0.1, 0.15) is 23.2 Å².